The van der Waals surface area contributed by atoms with E-state index in [4.69, 9.17) is 10.5 Å². The Hall–Kier alpha value is -0.650. The molecule has 0 unspecified atom stereocenters. The molecule has 0 bridgehead atoms. The number of nitrogens with two attached hydrogens (primary N) is 1. The molecule has 1 heterocycles. The standard InChI is InChI=1S/C11H23N3O2/c1-2-14-6-3-10(4-7-14)13-11(15)9-16-8-5-12/h10H,2-9,12H2,1H3,(H,13,15). The fraction of sp³-hybridized carbons (Fsp3) is 0.909. The largest absolute Gasteiger partial charge is 0.370 e. The fourth-order valence-electron chi connectivity index (χ4n) is 1.91. The van der Waals surface area contributed by atoms with E-state index in [2.05, 4.69) is 17.1 Å². The van der Waals surface area contributed by atoms with Crippen LogP contribution in [0.4, 0.5) is 0 Å². The van der Waals surface area contributed by atoms with Crippen molar-refractivity contribution in [3.63, 3.8) is 0 Å². The van der Waals surface area contributed by atoms with Crippen LogP contribution in [0, 0.1) is 0 Å². The number of carbonyl (C=O) groups is 1. The second-order valence-electron chi connectivity index (χ2n) is 4.12. The quantitative estimate of drug-likeness (QED) is 0.606. The van der Waals surface area contributed by atoms with Crippen molar-refractivity contribution >= 4 is 5.91 Å². The second-order valence-corrected chi connectivity index (χ2v) is 4.12. The van der Waals surface area contributed by atoms with Gasteiger partial charge in [-0.15, -0.1) is 0 Å². The molecule has 0 spiro atoms. The van der Waals surface area contributed by atoms with Gasteiger partial charge in [-0.3, -0.25) is 4.79 Å². The molecule has 1 fully saturated rings. The Balaban J connectivity index is 2.10. The summed E-state index contributed by atoms with van der Waals surface area (Å²) >= 11 is 0. The molecular weight excluding hydrogens is 206 g/mol. The van der Waals surface area contributed by atoms with Crippen molar-refractivity contribution in [3.8, 4) is 0 Å². The minimum Gasteiger partial charge on any atom is -0.370 e. The third-order valence-electron chi connectivity index (χ3n) is 2.90. The van der Waals surface area contributed by atoms with Crippen molar-refractivity contribution < 1.29 is 9.53 Å². The number of hydrogen-bond donors (Lipinski definition) is 2. The lowest BCUT2D eigenvalue weighted by Gasteiger charge is -2.31. The first-order valence-corrected chi connectivity index (χ1v) is 6.05. The normalized spacial score (nSPS) is 18.6. The molecule has 0 aromatic carbocycles. The average molecular weight is 229 g/mol. The molecule has 94 valence electrons. The Bertz CT molecular complexity index is 203. The number of hydrogen-bond acceptors (Lipinski definition) is 4. The minimum atomic E-state index is -0.0246. The van der Waals surface area contributed by atoms with Crippen LogP contribution in [0.15, 0.2) is 0 Å². The number of nitrogens with zero attached hydrogens (tertiary/aromatic N) is 1. The van der Waals surface area contributed by atoms with Crippen LogP contribution >= 0.6 is 0 Å². The van der Waals surface area contributed by atoms with Crippen LogP contribution in [0.5, 0.6) is 0 Å². The highest BCUT2D eigenvalue weighted by Crippen LogP contribution is 2.09. The molecule has 1 saturated heterocycles. The van der Waals surface area contributed by atoms with Crippen LogP contribution < -0.4 is 11.1 Å². The first-order valence-electron chi connectivity index (χ1n) is 6.05. The monoisotopic (exact) mass is 229 g/mol. The highest BCUT2D eigenvalue weighted by atomic mass is 16.5. The van der Waals surface area contributed by atoms with Crippen LogP contribution in [-0.2, 0) is 9.53 Å². The summed E-state index contributed by atoms with van der Waals surface area (Å²) in [6.45, 7) is 6.45. The molecule has 1 amide bonds. The van der Waals surface area contributed by atoms with E-state index in [1.54, 1.807) is 0 Å². The lowest BCUT2D eigenvalue weighted by atomic mass is 10.1. The summed E-state index contributed by atoms with van der Waals surface area (Å²) < 4.78 is 5.08. The highest BCUT2D eigenvalue weighted by molar-refractivity contribution is 5.77. The van der Waals surface area contributed by atoms with Gasteiger partial charge in [-0.05, 0) is 19.4 Å². The van der Waals surface area contributed by atoms with Gasteiger partial charge in [0.2, 0.25) is 5.91 Å². The Kier molecular flexibility index (Phi) is 6.37. The van der Waals surface area contributed by atoms with Crippen LogP contribution in [0.3, 0.4) is 0 Å². The lowest BCUT2D eigenvalue weighted by molar-refractivity contribution is -0.126. The maximum atomic E-state index is 11.4. The van der Waals surface area contributed by atoms with E-state index in [0.29, 0.717) is 19.2 Å². The molecule has 0 atom stereocenters. The molecule has 0 radical (unpaired) electrons. The number of rotatable bonds is 6. The fourth-order valence-corrected chi connectivity index (χ4v) is 1.91. The SMILES string of the molecule is CCN1CCC(NC(=O)COCCN)CC1. The Morgan fingerprint density at radius 1 is 1.50 bits per heavy atom. The van der Waals surface area contributed by atoms with E-state index >= 15 is 0 Å². The summed E-state index contributed by atoms with van der Waals surface area (Å²) in [6.07, 6.45) is 2.08. The van der Waals surface area contributed by atoms with E-state index in [1.165, 1.54) is 0 Å². The first kappa shape index (κ1) is 13.4. The van der Waals surface area contributed by atoms with E-state index < -0.39 is 0 Å². The third kappa shape index (κ3) is 4.92. The first-order chi connectivity index (χ1) is 7.76. The summed E-state index contributed by atoms with van der Waals surface area (Å²) in [4.78, 5) is 13.8. The summed E-state index contributed by atoms with van der Waals surface area (Å²) in [5.41, 5.74) is 5.27. The number of likely N-dealkylation sites (tertiary alicyclic amines) is 1. The smallest absolute Gasteiger partial charge is 0.246 e. The number of amides is 1. The molecule has 0 saturated carbocycles. The average Bonchev–Trinajstić information content (AvgIpc) is 2.30. The summed E-state index contributed by atoms with van der Waals surface area (Å²) in [5.74, 6) is -0.0246. The van der Waals surface area contributed by atoms with Crippen molar-refractivity contribution in [2.45, 2.75) is 25.8 Å². The van der Waals surface area contributed by atoms with Crippen LogP contribution in [-0.4, -0.2) is 56.2 Å². The van der Waals surface area contributed by atoms with Gasteiger partial charge in [0.05, 0.1) is 6.61 Å². The van der Waals surface area contributed by atoms with Gasteiger partial charge in [-0.25, -0.2) is 0 Å². The van der Waals surface area contributed by atoms with Gasteiger partial charge in [0, 0.05) is 25.7 Å². The predicted molar refractivity (Wildman–Crippen MR) is 63.2 cm³/mol. The number of ether oxygens (including phenoxy) is 1. The molecule has 1 aliphatic rings. The van der Waals surface area contributed by atoms with Gasteiger partial charge in [0.25, 0.3) is 0 Å². The van der Waals surface area contributed by atoms with Crippen molar-refractivity contribution in [3.05, 3.63) is 0 Å². The van der Waals surface area contributed by atoms with Gasteiger partial charge in [0.1, 0.15) is 6.61 Å². The summed E-state index contributed by atoms with van der Waals surface area (Å²) in [6, 6.07) is 0.316. The van der Waals surface area contributed by atoms with Gasteiger partial charge in [0.15, 0.2) is 0 Å². The molecule has 0 aliphatic carbocycles. The van der Waals surface area contributed by atoms with Crippen molar-refractivity contribution in [1.82, 2.24) is 10.2 Å². The molecule has 5 heteroatoms. The molecule has 1 rings (SSSR count). The summed E-state index contributed by atoms with van der Waals surface area (Å²) in [5, 5.41) is 2.99. The number of carbonyl (C=O) groups excluding carboxylic acids is 1. The minimum absolute atomic E-state index is 0.0246. The Morgan fingerprint density at radius 2 is 2.19 bits per heavy atom. The van der Waals surface area contributed by atoms with E-state index in [9.17, 15) is 4.79 Å². The Labute approximate surface area is 97.3 Å². The van der Waals surface area contributed by atoms with Gasteiger partial charge < -0.3 is 20.7 Å². The number of nitrogens with one attached hydrogen (secondary N) is 1. The zero-order valence-electron chi connectivity index (χ0n) is 10.1. The summed E-state index contributed by atoms with van der Waals surface area (Å²) in [7, 11) is 0. The zero-order valence-corrected chi connectivity index (χ0v) is 10.1. The van der Waals surface area contributed by atoms with Crippen molar-refractivity contribution in [1.29, 1.82) is 0 Å². The van der Waals surface area contributed by atoms with E-state index in [1.807, 2.05) is 0 Å². The molecule has 0 aromatic rings. The van der Waals surface area contributed by atoms with Crippen molar-refractivity contribution in [2.24, 2.45) is 5.73 Å². The van der Waals surface area contributed by atoms with Crippen LogP contribution in [0.2, 0.25) is 0 Å². The second kappa shape index (κ2) is 7.60. The highest BCUT2D eigenvalue weighted by Gasteiger charge is 2.19. The van der Waals surface area contributed by atoms with E-state index in [-0.39, 0.29) is 12.5 Å². The van der Waals surface area contributed by atoms with Crippen LogP contribution in [0.25, 0.3) is 0 Å². The van der Waals surface area contributed by atoms with Crippen molar-refractivity contribution in [2.75, 3.05) is 39.4 Å². The van der Waals surface area contributed by atoms with E-state index in [0.717, 1.165) is 32.5 Å². The molecule has 3 N–H and O–H groups in total. The van der Waals surface area contributed by atoms with Gasteiger partial charge in [-0.2, -0.15) is 0 Å². The molecule has 0 aromatic heterocycles. The Morgan fingerprint density at radius 3 is 2.75 bits per heavy atom. The molecular formula is C11H23N3O2. The maximum absolute atomic E-state index is 11.4. The third-order valence-corrected chi connectivity index (χ3v) is 2.90. The topological polar surface area (TPSA) is 67.6 Å². The molecule has 1 aliphatic heterocycles. The van der Waals surface area contributed by atoms with Gasteiger partial charge >= 0.3 is 0 Å². The lowest BCUT2D eigenvalue weighted by Crippen LogP contribution is -2.45. The predicted octanol–water partition coefficient (Wildman–Crippen LogP) is -0.438. The molecule has 16 heavy (non-hydrogen) atoms. The van der Waals surface area contributed by atoms with Gasteiger partial charge in [-0.1, -0.05) is 6.92 Å². The molecule has 5 nitrogen and oxygen atoms in total. The zero-order chi connectivity index (χ0) is 11.8. The maximum Gasteiger partial charge on any atom is 0.246 e. The van der Waals surface area contributed by atoms with Crippen LogP contribution in [0.1, 0.15) is 19.8 Å². The number of piperidine rings is 1.